The van der Waals surface area contributed by atoms with Crippen LogP contribution >= 0.6 is 11.6 Å². The van der Waals surface area contributed by atoms with Crippen molar-refractivity contribution in [3.8, 4) is 0 Å². The third-order valence-corrected chi connectivity index (χ3v) is 3.05. The number of amides is 2. The fourth-order valence-corrected chi connectivity index (χ4v) is 1.78. The zero-order chi connectivity index (χ0) is 14.4. The quantitative estimate of drug-likeness (QED) is 0.777. The van der Waals surface area contributed by atoms with Gasteiger partial charge >= 0.3 is 12.0 Å². The summed E-state index contributed by atoms with van der Waals surface area (Å²) >= 11 is 6.02. The summed E-state index contributed by atoms with van der Waals surface area (Å²) in [5.41, 5.74) is 0.811. The van der Waals surface area contributed by atoms with Crippen molar-refractivity contribution in [2.45, 2.75) is 19.9 Å². The first-order valence-electron chi connectivity index (χ1n) is 5.93. The van der Waals surface area contributed by atoms with Crippen molar-refractivity contribution in [2.75, 3.05) is 6.54 Å². The van der Waals surface area contributed by atoms with Crippen LogP contribution in [0.5, 0.6) is 0 Å². The lowest BCUT2D eigenvalue weighted by Crippen LogP contribution is -2.40. The maximum atomic E-state index is 11.6. The van der Waals surface area contributed by atoms with E-state index in [1.54, 1.807) is 13.0 Å². The van der Waals surface area contributed by atoms with Crippen LogP contribution in [0.15, 0.2) is 24.3 Å². The number of aliphatic carboxylic acids is 1. The van der Waals surface area contributed by atoms with Crippen molar-refractivity contribution in [3.63, 3.8) is 0 Å². The van der Waals surface area contributed by atoms with Gasteiger partial charge in [-0.25, -0.2) is 4.79 Å². The van der Waals surface area contributed by atoms with Gasteiger partial charge in [-0.15, -0.1) is 0 Å². The molecule has 0 saturated heterocycles. The Bertz CT molecular complexity index is 465. The largest absolute Gasteiger partial charge is 0.481 e. The number of halogens is 1. The number of nitrogens with one attached hydrogen (secondary N) is 2. The van der Waals surface area contributed by atoms with E-state index in [9.17, 15) is 9.59 Å². The molecule has 0 aliphatic carbocycles. The summed E-state index contributed by atoms with van der Waals surface area (Å²) in [6.45, 7) is 3.41. The minimum atomic E-state index is -0.945. The number of benzene rings is 1. The Balaban J connectivity index is 2.49. The van der Waals surface area contributed by atoms with E-state index < -0.39 is 17.9 Å². The summed E-state index contributed by atoms with van der Waals surface area (Å²) in [4.78, 5) is 22.2. The predicted octanol–water partition coefficient (Wildman–Crippen LogP) is 2.42. The summed E-state index contributed by atoms with van der Waals surface area (Å²) in [5.74, 6) is -1.57. The first-order chi connectivity index (χ1) is 8.91. The molecule has 0 radical (unpaired) electrons. The Morgan fingerprint density at radius 1 is 1.32 bits per heavy atom. The summed E-state index contributed by atoms with van der Waals surface area (Å²) in [6, 6.07) is 6.55. The second-order valence-electron chi connectivity index (χ2n) is 4.34. The fraction of sp³-hybridized carbons (Fsp3) is 0.385. The first-order valence-corrected chi connectivity index (χ1v) is 6.31. The molecule has 6 heteroatoms. The van der Waals surface area contributed by atoms with Crippen molar-refractivity contribution in [1.82, 2.24) is 10.6 Å². The molecule has 104 valence electrons. The van der Waals surface area contributed by atoms with E-state index in [4.69, 9.17) is 16.7 Å². The van der Waals surface area contributed by atoms with Crippen molar-refractivity contribution >= 4 is 23.6 Å². The highest BCUT2D eigenvalue weighted by Crippen LogP contribution is 2.21. The minimum absolute atomic E-state index is 0.0798. The molecule has 19 heavy (non-hydrogen) atoms. The van der Waals surface area contributed by atoms with E-state index in [-0.39, 0.29) is 12.6 Å². The standard InChI is InChI=1S/C13H17ClN2O3/c1-8(12(17)18)7-15-13(19)16-9(2)10-5-3-4-6-11(10)14/h3-6,8-9H,7H2,1-2H3,(H,17,18)(H2,15,16,19). The van der Waals surface area contributed by atoms with E-state index in [1.165, 1.54) is 6.92 Å². The molecular weight excluding hydrogens is 268 g/mol. The van der Waals surface area contributed by atoms with Gasteiger partial charge in [0.2, 0.25) is 0 Å². The van der Waals surface area contributed by atoms with Gasteiger partial charge in [-0.3, -0.25) is 4.79 Å². The number of carboxylic acid groups (broad SMARTS) is 1. The van der Waals surface area contributed by atoms with Gasteiger partial charge < -0.3 is 15.7 Å². The zero-order valence-corrected chi connectivity index (χ0v) is 11.6. The lowest BCUT2D eigenvalue weighted by molar-refractivity contribution is -0.140. The highest BCUT2D eigenvalue weighted by molar-refractivity contribution is 6.31. The van der Waals surface area contributed by atoms with Crippen LogP contribution in [0.25, 0.3) is 0 Å². The Hall–Kier alpha value is -1.75. The van der Waals surface area contributed by atoms with E-state index in [0.717, 1.165) is 5.56 Å². The lowest BCUT2D eigenvalue weighted by atomic mass is 10.1. The fourth-order valence-electron chi connectivity index (χ4n) is 1.48. The summed E-state index contributed by atoms with van der Waals surface area (Å²) in [6.07, 6.45) is 0. The number of carbonyl (C=O) groups excluding carboxylic acids is 1. The van der Waals surface area contributed by atoms with Gasteiger partial charge in [0.1, 0.15) is 0 Å². The number of rotatable bonds is 5. The van der Waals surface area contributed by atoms with E-state index in [0.29, 0.717) is 5.02 Å². The van der Waals surface area contributed by atoms with Crippen LogP contribution in [0.2, 0.25) is 5.02 Å². The van der Waals surface area contributed by atoms with Gasteiger partial charge in [0, 0.05) is 11.6 Å². The highest BCUT2D eigenvalue weighted by atomic mass is 35.5. The van der Waals surface area contributed by atoms with Crippen LogP contribution in [0, 0.1) is 5.92 Å². The molecule has 0 aliphatic heterocycles. The summed E-state index contributed by atoms with van der Waals surface area (Å²) < 4.78 is 0. The molecule has 0 aliphatic rings. The normalized spacial score (nSPS) is 13.4. The van der Waals surface area contributed by atoms with E-state index in [1.807, 2.05) is 18.2 Å². The zero-order valence-electron chi connectivity index (χ0n) is 10.8. The monoisotopic (exact) mass is 284 g/mol. The Morgan fingerprint density at radius 3 is 2.53 bits per heavy atom. The topological polar surface area (TPSA) is 78.4 Å². The van der Waals surface area contributed by atoms with Gasteiger partial charge in [-0.05, 0) is 18.6 Å². The molecule has 0 bridgehead atoms. The van der Waals surface area contributed by atoms with Crippen LogP contribution in [0.1, 0.15) is 25.5 Å². The number of hydrogen-bond acceptors (Lipinski definition) is 2. The third-order valence-electron chi connectivity index (χ3n) is 2.71. The molecule has 2 unspecified atom stereocenters. The van der Waals surface area contributed by atoms with Gasteiger partial charge in [-0.1, -0.05) is 36.7 Å². The first kappa shape index (κ1) is 15.3. The number of carbonyl (C=O) groups is 2. The van der Waals surface area contributed by atoms with Crippen molar-refractivity contribution < 1.29 is 14.7 Å². The van der Waals surface area contributed by atoms with Gasteiger partial charge in [0.05, 0.1) is 12.0 Å². The molecule has 1 aromatic carbocycles. The molecule has 1 rings (SSSR count). The summed E-state index contributed by atoms with van der Waals surface area (Å²) in [7, 11) is 0. The van der Waals surface area contributed by atoms with E-state index in [2.05, 4.69) is 10.6 Å². The van der Waals surface area contributed by atoms with Crippen LogP contribution in [-0.2, 0) is 4.79 Å². The third kappa shape index (κ3) is 4.79. The molecule has 5 nitrogen and oxygen atoms in total. The van der Waals surface area contributed by atoms with Gasteiger partial charge in [0.15, 0.2) is 0 Å². The number of urea groups is 1. The number of carboxylic acids is 1. The van der Waals surface area contributed by atoms with Crippen molar-refractivity contribution in [2.24, 2.45) is 5.92 Å². The van der Waals surface area contributed by atoms with Crippen molar-refractivity contribution in [1.29, 1.82) is 0 Å². The Kier molecular flexibility index (Phi) is 5.63. The van der Waals surface area contributed by atoms with Crippen LogP contribution in [-0.4, -0.2) is 23.7 Å². The molecule has 0 fully saturated rings. The Morgan fingerprint density at radius 2 is 1.95 bits per heavy atom. The molecule has 0 spiro atoms. The second-order valence-corrected chi connectivity index (χ2v) is 4.74. The molecule has 2 amide bonds. The average molecular weight is 285 g/mol. The molecular formula is C13H17ClN2O3. The van der Waals surface area contributed by atoms with Crippen LogP contribution < -0.4 is 10.6 Å². The molecule has 1 aromatic rings. The second kappa shape index (κ2) is 6.99. The smallest absolute Gasteiger partial charge is 0.315 e. The number of hydrogen-bond donors (Lipinski definition) is 3. The molecule has 0 saturated carbocycles. The van der Waals surface area contributed by atoms with Gasteiger partial charge in [0.25, 0.3) is 0 Å². The van der Waals surface area contributed by atoms with Crippen LogP contribution in [0.4, 0.5) is 4.79 Å². The maximum Gasteiger partial charge on any atom is 0.315 e. The lowest BCUT2D eigenvalue weighted by Gasteiger charge is -2.17. The van der Waals surface area contributed by atoms with Crippen LogP contribution in [0.3, 0.4) is 0 Å². The molecule has 2 atom stereocenters. The SMILES string of the molecule is CC(CNC(=O)NC(C)c1ccccc1Cl)C(=O)O. The molecule has 0 aromatic heterocycles. The molecule has 3 N–H and O–H groups in total. The maximum absolute atomic E-state index is 11.6. The van der Waals surface area contributed by atoms with Gasteiger partial charge in [-0.2, -0.15) is 0 Å². The minimum Gasteiger partial charge on any atom is -0.481 e. The molecule has 0 heterocycles. The highest BCUT2D eigenvalue weighted by Gasteiger charge is 2.14. The Labute approximate surface area is 117 Å². The van der Waals surface area contributed by atoms with Crippen molar-refractivity contribution in [3.05, 3.63) is 34.9 Å². The van der Waals surface area contributed by atoms with E-state index >= 15 is 0 Å². The average Bonchev–Trinajstić information content (AvgIpc) is 2.36. The summed E-state index contributed by atoms with van der Waals surface area (Å²) in [5, 5.41) is 14.5. The predicted molar refractivity (Wildman–Crippen MR) is 73.2 cm³/mol.